The summed E-state index contributed by atoms with van der Waals surface area (Å²) in [6, 6.07) is -0.266. The van der Waals surface area contributed by atoms with Crippen LogP contribution in [0.2, 0.25) is 5.02 Å². The SMILES string of the molecule is Cc1csc(-c2nc(C(N)CN(C)C)no2)c1Cl. The molecule has 0 radical (unpaired) electrons. The zero-order valence-corrected chi connectivity index (χ0v) is 12.0. The summed E-state index contributed by atoms with van der Waals surface area (Å²) in [5.41, 5.74) is 6.98. The second-order valence-corrected chi connectivity index (χ2v) is 5.65. The van der Waals surface area contributed by atoms with Gasteiger partial charge in [0.1, 0.15) is 4.88 Å². The summed E-state index contributed by atoms with van der Waals surface area (Å²) >= 11 is 7.65. The maximum atomic E-state index is 6.16. The van der Waals surface area contributed by atoms with E-state index < -0.39 is 0 Å². The Bertz CT molecular complexity index is 537. The van der Waals surface area contributed by atoms with Crippen LogP contribution in [0.1, 0.15) is 17.4 Å². The third-order valence-electron chi connectivity index (χ3n) is 2.43. The van der Waals surface area contributed by atoms with E-state index in [0.717, 1.165) is 10.4 Å². The van der Waals surface area contributed by atoms with E-state index >= 15 is 0 Å². The highest BCUT2D eigenvalue weighted by molar-refractivity contribution is 7.14. The summed E-state index contributed by atoms with van der Waals surface area (Å²) in [5.74, 6) is 0.933. The molecular formula is C11H15ClN4OS. The number of rotatable bonds is 4. The Morgan fingerprint density at radius 2 is 2.28 bits per heavy atom. The Labute approximate surface area is 115 Å². The molecule has 2 heterocycles. The molecule has 0 aliphatic carbocycles. The molecule has 0 aromatic carbocycles. The van der Waals surface area contributed by atoms with Crippen LogP contribution in [-0.2, 0) is 0 Å². The summed E-state index contributed by atoms with van der Waals surface area (Å²) in [6.45, 7) is 2.60. The Hall–Kier alpha value is -0.950. The zero-order valence-electron chi connectivity index (χ0n) is 10.5. The van der Waals surface area contributed by atoms with E-state index in [-0.39, 0.29) is 6.04 Å². The molecule has 0 spiro atoms. The zero-order chi connectivity index (χ0) is 13.3. The lowest BCUT2D eigenvalue weighted by atomic mass is 10.3. The van der Waals surface area contributed by atoms with Crippen molar-refractivity contribution < 1.29 is 4.52 Å². The molecule has 1 atom stereocenters. The molecule has 0 aliphatic rings. The average Bonchev–Trinajstić information content (AvgIpc) is 2.87. The fraction of sp³-hybridized carbons (Fsp3) is 0.455. The van der Waals surface area contributed by atoms with Crippen molar-refractivity contribution in [1.82, 2.24) is 15.0 Å². The number of nitrogens with zero attached hydrogens (tertiary/aromatic N) is 3. The fourth-order valence-electron chi connectivity index (χ4n) is 1.53. The first kappa shape index (κ1) is 13.5. The van der Waals surface area contributed by atoms with E-state index in [1.165, 1.54) is 11.3 Å². The van der Waals surface area contributed by atoms with Crippen LogP contribution in [0.25, 0.3) is 10.8 Å². The van der Waals surface area contributed by atoms with Gasteiger partial charge in [-0.2, -0.15) is 4.98 Å². The standard InChI is InChI=1S/C11H15ClN4OS/c1-6-5-18-9(8(6)12)11-14-10(15-17-11)7(13)4-16(2)3/h5,7H,4,13H2,1-3H3. The first-order valence-electron chi connectivity index (χ1n) is 5.47. The number of halogens is 1. The molecule has 5 nitrogen and oxygen atoms in total. The molecule has 0 fully saturated rings. The third-order valence-corrected chi connectivity index (χ3v) is 4.11. The molecule has 2 N–H and O–H groups in total. The van der Waals surface area contributed by atoms with E-state index in [1.807, 2.05) is 31.3 Å². The normalized spacial score (nSPS) is 13.2. The van der Waals surface area contributed by atoms with Crippen LogP contribution in [0.5, 0.6) is 0 Å². The van der Waals surface area contributed by atoms with Crippen molar-refractivity contribution in [2.45, 2.75) is 13.0 Å². The highest BCUT2D eigenvalue weighted by Gasteiger charge is 2.19. The van der Waals surface area contributed by atoms with Crippen molar-refractivity contribution in [1.29, 1.82) is 0 Å². The van der Waals surface area contributed by atoms with Gasteiger partial charge in [0.05, 0.1) is 11.1 Å². The Morgan fingerprint density at radius 1 is 1.56 bits per heavy atom. The Balaban J connectivity index is 2.23. The molecule has 18 heavy (non-hydrogen) atoms. The van der Waals surface area contributed by atoms with E-state index in [4.69, 9.17) is 21.9 Å². The number of aromatic nitrogens is 2. The summed E-state index contributed by atoms with van der Waals surface area (Å²) < 4.78 is 5.21. The molecule has 2 aromatic rings. The Kier molecular flexibility index (Phi) is 4.01. The third kappa shape index (κ3) is 2.72. The maximum Gasteiger partial charge on any atom is 0.269 e. The van der Waals surface area contributed by atoms with Gasteiger partial charge < -0.3 is 15.2 Å². The molecule has 0 saturated heterocycles. The van der Waals surface area contributed by atoms with Crippen LogP contribution in [0.3, 0.4) is 0 Å². The summed E-state index contributed by atoms with van der Waals surface area (Å²) in [4.78, 5) is 7.08. The highest BCUT2D eigenvalue weighted by atomic mass is 35.5. The predicted molar refractivity (Wildman–Crippen MR) is 72.8 cm³/mol. The predicted octanol–water partition coefficient (Wildman–Crippen LogP) is 2.32. The average molecular weight is 287 g/mol. The van der Waals surface area contributed by atoms with E-state index in [1.54, 1.807) is 0 Å². The maximum absolute atomic E-state index is 6.16. The van der Waals surface area contributed by atoms with E-state index in [9.17, 15) is 0 Å². The minimum Gasteiger partial charge on any atom is -0.333 e. The van der Waals surface area contributed by atoms with Gasteiger partial charge in [-0.15, -0.1) is 11.3 Å². The van der Waals surface area contributed by atoms with Gasteiger partial charge in [0, 0.05) is 6.54 Å². The minimum absolute atomic E-state index is 0.266. The van der Waals surface area contributed by atoms with Gasteiger partial charge in [0.25, 0.3) is 5.89 Å². The number of thiophene rings is 1. The lowest BCUT2D eigenvalue weighted by molar-refractivity contribution is 0.357. The van der Waals surface area contributed by atoms with Crippen LogP contribution in [0.15, 0.2) is 9.90 Å². The van der Waals surface area contributed by atoms with Gasteiger partial charge in [0.2, 0.25) is 0 Å². The molecule has 2 rings (SSSR count). The molecule has 2 aromatic heterocycles. The second-order valence-electron chi connectivity index (χ2n) is 4.39. The van der Waals surface area contributed by atoms with Crippen LogP contribution in [-0.4, -0.2) is 35.7 Å². The van der Waals surface area contributed by atoms with Crippen molar-refractivity contribution in [3.05, 3.63) is 21.8 Å². The van der Waals surface area contributed by atoms with E-state index in [2.05, 4.69) is 10.1 Å². The fourth-order valence-corrected chi connectivity index (χ4v) is 2.72. The van der Waals surface area contributed by atoms with Gasteiger partial charge in [0.15, 0.2) is 5.82 Å². The van der Waals surface area contributed by atoms with Gasteiger partial charge in [-0.05, 0) is 32.0 Å². The molecule has 1 unspecified atom stereocenters. The van der Waals surface area contributed by atoms with Gasteiger partial charge in [-0.1, -0.05) is 16.8 Å². The lowest BCUT2D eigenvalue weighted by Gasteiger charge is -2.12. The summed E-state index contributed by atoms with van der Waals surface area (Å²) in [6.07, 6.45) is 0. The van der Waals surface area contributed by atoms with Crippen molar-refractivity contribution >= 4 is 22.9 Å². The van der Waals surface area contributed by atoms with Crippen LogP contribution < -0.4 is 5.73 Å². The van der Waals surface area contributed by atoms with E-state index in [0.29, 0.717) is 23.3 Å². The van der Waals surface area contributed by atoms with Crippen molar-refractivity contribution in [2.75, 3.05) is 20.6 Å². The smallest absolute Gasteiger partial charge is 0.269 e. The van der Waals surface area contributed by atoms with Crippen LogP contribution in [0, 0.1) is 6.92 Å². The van der Waals surface area contributed by atoms with Crippen molar-refractivity contribution in [3.63, 3.8) is 0 Å². The van der Waals surface area contributed by atoms with Crippen molar-refractivity contribution in [2.24, 2.45) is 5.73 Å². The second kappa shape index (κ2) is 5.36. The number of aryl methyl sites for hydroxylation is 1. The highest BCUT2D eigenvalue weighted by Crippen LogP contribution is 2.35. The van der Waals surface area contributed by atoms with Crippen LogP contribution >= 0.6 is 22.9 Å². The monoisotopic (exact) mass is 286 g/mol. The van der Waals surface area contributed by atoms with Crippen LogP contribution in [0.4, 0.5) is 0 Å². The molecule has 7 heteroatoms. The summed E-state index contributed by atoms with van der Waals surface area (Å²) in [7, 11) is 3.89. The lowest BCUT2D eigenvalue weighted by Crippen LogP contribution is -2.26. The summed E-state index contributed by atoms with van der Waals surface area (Å²) in [5, 5.41) is 6.53. The molecule has 98 valence electrons. The number of nitrogens with two attached hydrogens (primary N) is 1. The molecule has 0 saturated carbocycles. The molecule has 0 aliphatic heterocycles. The quantitative estimate of drug-likeness (QED) is 0.934. The number of hydrogen-bond acceptors (Lipinski definition) is 6. The minimum atomic E-state index is -0.266. The first-order chi connectivity index (χ1) is 8.49. The molecular weight excluding hydrogens is 272 g/mol. The van der Waals surface area contributed by atoms with Gasteiger partial charge in [-0.25, -0.2) is 0 Å². The molecule has 0 bridgehead atoms. The van der Waals surface area contributed by atoms with Gasteiger partial charge in [-0.3, -0.25) is 0 Å². The van der Waals surface area contributed by atoms with Crippen molar-refractivity contribution in [3.8, 4) is 10.8 Å². The topological polar surface area (TPSA) is 68.2 Å². The number of likely N-dealkylation sites (N-methyl/N-ethyl adjacent to an activating group) is 1. The largest absolute Gasteiger partial charge is 0.333 e. The first-order valence-corrected chi connectivity index (χ1v) is 6.72. The van der Waals surface area contributed by atoms with Gasteiger partial charge >= 0.3 is 0 Å². The number of hydrogen-bond donors (Lipinski definition) is 1. The molecule has 0 amide bonds. The Morgan fingerprint density at radius 3 is 2.83 bits per heavy atom.